The maximum Gasteiger partial charge on any atom is 0.221 e. The van der Waals surface area contributed by atoms with Crippen LogP contribution in [0.5, 0.6) is 0 Å². The van der Waals surface area contributed by atoms with Gasteiger partial charge in [0, 0.05) is 25.7 Å². The van der Waals surface area contributed by atoms with Crippen molar-refractivity contribution in [2.24, 2.45) is 0 Å². The highest BCUT2D eigenvalue weighted by Gasteiger charge is 2.12. The standard InChI is InChI=1S/C12H15ClN4O/c1-8-3-4-9-12(15-8)17(10(7-13)16-9)6-5-11(18)14-2/h3-4H,5-7H2,1-2H3,(H,14,18). The topological polar surface area (TPSA) is 59.8 Å². The fourth-order valence-electron chi connectivity index (χ4n) is 1.82. The van der Waals surface area contributed by atoms with Crippen molar-refractivity contribution < 1.29 is 4.79 Å². The van der Waals surface area contributed by atoms with Crippen molar-refractivity contribution in [3.63, 3.8) is 0 Å². The average Bonchev–Trinajstić information content (AvgIpc) is 2.73. The van der Waals surface area contributed by atoms with Crippen LogP contribution < -0.4 is 5.32 Å². The van der Waals surface area contributed by atoms with Crippen molar-refractivity contribution in [1.29, 1.82) is 0 Å². The summed E-state index contributed by atoms with van der Waals surface area (Å²) in [7, 11) is 1.62. The largest absolute Gasteiger partial charge is 0.359 e. The van der Waals surface area contributed by atoms with Crippen molar-refractivity contribution in [1.82, 2.24) is 19.9 Å². The van der Waals surface area contributed by atoms with E-state index in [0.717, 1.165) is 22.7 Å². The highest BCUT2D eigenvalue weighted by atomic mass is 35.5. The van der Waals surface area contributed by atoms with Gasteiger partial charge in [0.15, 0.2) is 5.65 Å². The molecule has 0 spiro atoms. The summed E-state index contributed by atoms with van der Waals surface area (Å²) in [6.07, 6.45) is 0.390. The molecule has 1 amide bonds. The molecule has 0 aliphatic heterocycles. The third kappa shape index (κ3) is 2.46. The lowest BCUT2D eigenvalue weighted by atomic mass is 10.3. The molecule has 0 fully saturated rings. The second-order valence-corrected chi connectivity index (χ2v) is 4.30. The number of hydrogen-bond donors (Lipinski definition) is 1. The lowest BCUT2D eigenvalue weighted by Gasteiger charge is -2.06. The van der Waals surface area contributed by atoms with Gasteiger partial charge in [-0.3, -0.25) is 4.79 Å². The molecule has 0 unspecified atom stereocenters. The molecule has 2 heterocycles. The lowest BCUT2D eigenvalue weighted by molar-refractivity contribution is -0.120. The SMILES string of the molecule is CNC(=O)CCn1c(CCl)nc2ccc(C)nc21. The van der Waals surface area contributed by atoms with Crippen molar-refractivity contribution in [2.45, 2.75) is 25.8 Å². The number of imidazole rings is 1. The molecule has 0 saturated carbocycles. The summed E-state index contributed by atoms with van der Waals surface area (Å²) in [4.78, 5) is 20.2. The molecule has 18 heavy (non-hydrogen) atoms. The van der Waals surface area contributed by atoms with Crippen molar-refractivity contribution in [3.8, 4) is 0 Å². The predicted molar refractivity (Wildman–Crippen MR) is 70.5 cm³/mol. The van der Waals surface area contributed by atoms with Crippen LogP contribution >= 0.6 is 11.6 Å². The first-order chi connectivity index (χ1) is 8.65. The summed E-state index contributed by atoms with van der Waals surface area (Å²) in [6.45, 7) is 2.46. The Bertz CT molecular complexity index is 579. The van der Waals surface area contributed by atoms with Crippen LogP contribution in [-0.2, 0) is 17.2 Å². The fourth-order valence-corrected chi connectivity index (χ4v) is 2.02. The molecule has 0 bridgehead atoms. The smallest absolute Gasteiger partial charge is 0.221 e. The second-order valence-electron chi connectivity index (χ2n) is 4.03. The predicted octanol–water partition coefficient (Wildman–Crippen LogP) is 1.61. The van der Waals surface area contributed by atoms with Gasteiger partial charge >= 0.3 is 0 Å². The molecule has 1 N–H and O–H groups in total. The summed E-state index contributed by atoms with van der Waals surface area (Å²) < 4.78 is 1.91. The molecule has 0 aliphatic carbocycles. The van der Waals surface area contributed by atoms with Crippen LogP contribution in [0.3, 0.4) is 0 Å². The summed E-state index contributed by atoms with van der Waals surface area (Å²) in [5.74, 6) is 1.04. The maximum atomic E-state index is 11.3. The Labute approximate surface area is 110 Å². The Balaban J connectivity index is 2.39. The normalized spacial score (nSPS) is 10.8. The van der Waals surface area contributed by atoms with Gasteiger partial charge in [-0.15, -0.1) is 11.6 Å². The molecular weight excluding hydrogens is 252 g/mol. The van der Waals surface area contributed by atoms with Crippen LogP contribution in [0.2, 0.25) is 0 Å². The fraction of sp³-hybridized carbons (Fsp3) is 0.417. The van der Waals surface area contributed by atoms with E-state index >= 15 is 0 Å². The summed E-state index contributed by atoms with van der Waals surface area (Å²) in [5.41, 5.74) is 2.52. The van der Waals surface area contributed by atoms with E-state index in [1.54, 1.807) is 7.05 Å². The Morgan fingerprint density at radius 3 is 2.89 bits per heavy atom. The molecule has 6 heteroatoms. The van der Waals surface area contributed by atoms with Crippen LogP contribution in [0.4, 0.5) is 0 Å². The van der Waals surface area contributed by atoms with E-state index in [-0.39, 0.29) is 5.91 Å². The van der Waals surface area contributed by atoms with Crippen LogP contribution in [-0.4, -0.2) is 27.5 Å². The highest BCUT2D eigenvalue weighted by Crippen LogP contribution is 2.16. The number of halogens is 1. The first-order valence-electron chi connectivity index (χ1n) is 5.75. The first kappa shape index (κ1) is 12.8. The van der Waals surface area contributed by atoms with Gasteiger partial charge in [-0.05, 0) is 19.1 Å². The quantitative estimate of drug-likeness (QED) is 0.856. The zero-order valence-corrected chi connectivity index (χ0v) is 11.2. The number of aryl methyl sites for hydroxylation is 2. The minimum atomic E-state index is -0.00924. The van der Waals surface area contributed by atoms with Crippen LogP contribution in [0.15, 0.2) is 12.1 Å². The first-order valence-corrected chi connectivity index (χ1v) is 6.28. The number of hydrogen-bond acceptors (Lipinski definition) is 3. The van der Waals surface area contributed by atoms with Gasteiger partial charge in [0.25, 0.3) is 0 Å². The molecule has 5 nitrogen and oxygen atoms in total. The van der Waals surface area contributed by atoms with E-state index in [0.29, 0.717) is 18.8 Å². The summed E-state index contributed by atoms with van der Waals surface area (Å²) >= 11 is 5.88. The van der Waals surface area contributed by atoms with E-state index in [9.17, 15) is 4.79 Å². The Morgan fingerprint density at radius 1 is 1.44 bits per heavy atom. The van der Waals surface area contributed by atoms with Crippen LogP contribution in [0.1, 0.15) is 17.9 Å². The molecule has 2 rings (SSSR count). The monoisotopic (exact) mass is 266 g/mol. The van der Waals surface area contributed by atoms with E-state index < -0.39 is 0 Å². The van der Waals surface area contributed by atoms with Crippen LogP contribution in [0.25, 0.3) is 11.2 Å². The number of nitrogens with zero attached hydrogens (tertiary/aromatic N) is 3. The van der Waals surface area contributed by atoms with Crippen molar-refractivity contribution in [3.05, 3.63) is 23.7 Å². The molecule has 0 aromatic carbocycles. The minimum absolute atomic E-state index is 0.00924. The molecule has 2 aromatic heterocycles. The van der Waals surface area contributed by atoms with Gasteiger partial charge in [-0.1, -0.05) is 0 Å². The number of amides is 1. The van der Waals surface area contributed by atoms with Gasteiger partial charge in [0.2, 0.25) is 5.91 Å². The van der Waals surface area contributed by atoms with E-state index in [1.165, 1.54) is 0 Å². The zero-order chi connectivity index (χ0) is 13.1. The molecular formula is C12H15ClN4O. The number of aromatic nitrogens is 3. The van der Waals surface area contributed by atoms with E-state index in [2.05, 4.69) is 15.3 Å². The molecule has 0 radical (unpaired) electrons. The highest BCUT2D eigenvalue weighted by molar-refractivity contribution is 6.16. The van der Waals surface area contributed by atoms with Gasteiger partial charge in [0.1, 0.15) is 11.3 Å². The van der Waals surface area contributed by atoms with Gasteiger partial charge in [-0.25, -0.2) is 9.97 Å². The number of pyridine rings is 1. The summed E-state index contributed by atoms with van der Waals surface area (Å²) in [6, 6.07) is 3.83. The number of carbonyl (C=O) groups is 1. The Kier molecular flexibility index (Phi) is 3.81. The molecule has 0 saturated heterocycles. The lowest BCUT2D eigenvalue weighted by Crippen LogP contribution is -2.20. The third-order valence-electron chi connectivity index (χ3n) is 2.77. The number of nitrogens with one attached hydrogen (secondary N) is 1. The van der Waals surface area contributed by atoms with Crippen molar-refractivity contribution in [2.75, 3.05) is 7.05 Å². The van der Waals surface area contributed by atoms with Gasteiger partial charge in [0.05, 0.1) is 5.88 Å². The average molecular weight is 267 g/mol. The second kappa shape index (κ2) is 5.35. The molecule has 0 aliphatic rings. The van der Waals surface area contributed by atoms with Crippen LogP contribution in [0, 0.1) is 6.92 Å². The number of carbonyl (C=O) groups excluding carboxylic acids is 1. The maximum absolute atomic E-state index is 11.3. The zero-order valence-electron chi connectivity index (χ0n) is 10.4. The number of alkyl halides is 1. The number of rotatable bonds is 4. The number of fused-ring (bicyclic) bond motifs is 1. The van der Waals surface area contributed by atoms with Gasteiger partial charge in [-0.2, -0.15) is 0 Å². The molecule has 2 aromatic rings. The minimum Gasteiger partial charge on any atom is -0.359 e. The van der Waals surface area contributed by atoms with E-state index in [4.69, 9.17) is 11.6 Å². The van der Waals surface area contributed by atoms with Gasteiger partial charge < -0.3 is 9.88 Å². The molecule has 96 valence electrons. The van der Waals surface area contributed by atoms with Crippen molar-refractivity contribution >= 4 is 28.7 Å². The molecule has 0 atom stereocenters. The third-order valence-corrected chi connectivity index (χ3v) is 3.01. The van der Waals surface area contributed by atoms with E-state index in [1.807, 2.05) is 23.6 Å². The summed E-state index contributed by atoms with van der Waals surface area (Å²) in [5, 5.41) is 2.60. The Morgan fingerprint density at radius 2 is 2.22 bits per heavy atom. The Hall–Kier alpha value is -1.62.